The third-order valence-corrected chi connectivity index (χ3v) is 8.69. The second kappa shape index (κ2) is 11.7. The van der Waals surface area contributed by atoms with Crippen molar-refractivity contribution in [3.05, 3.63) is 71.3 Å². The van der Waals surface area contributed by atoms with E-state index in [2.05, 4.69) is 46.2 Å². The summed E-state index contributed by atoms with van der Waals surface area (Å²) in [5.74, 6) is 1.34. The lowest BCUT2D eigenvalue weighted by molar-refractivity contribution is -0.139. The number of amides is 2. The predicted octanol–water partition coefficient (Wildman–Crippen LogP) is 4.45. The summed E-state index contributed by atoms with van der Waals surface area (Å²) in [4.78, 5) is 32.5. The molecule has 7 heteroatoms. The Morgan fingerprint density at radius 1 is 1.00 bits per heavy atom. The summed E-state index contributed by atoms with van der Waals surface area (Å²) >= 11 is 0. The molecule has 6 nitrogen and oxygen atoms in total. The summed E-state index contributed by atoms with van der Waals surface area (Å²) in [5.41, 5.74) is 2.83. The van der Waals surface area contributed by atoms with Gasteiger partial charge in [-0.05, 0) is 61.5 Å². The minimum Gasteiger partial charge on any atom is -0.342 e. The van der Waals surface area contributed by atoms with Crippen LogP contribution in [-0.4, -0.2) is 65.8 Å². The minimum atomic E-state index is -0.220. The number of carbonyl (C=O) groups excluding carboxylic acids is 2. The van der Waals surface area contributed by atoms with Crippen LogP contribution in [0.2, 0.25) is 0 Å². The monoisotopic (exact) mass is 520 g/mol. The lowest BCUT2D eigenvalue weighted by atomic mass is 9.76. The Kier molecular flexibility index (Phi) is 8.56. The van der Waals surface area contributed by atoms with Crippen LogP contribution in [0.15, 0.2) is 54.6 Å². The van der Waals surface area contributed by atoms with Crippen LogP contribution in [0.3, 0.4) is 0 Å². The predicted molar refractivity (Wildman–Crippen MR) is 146 cm³/mol. The molecule has 0 unspecified atom stereocenters. The van der Waals surface area contributed by atoms with Gasteiger partial charge < -0.3 is 14.7 Å². The molecule has 1 spiro atoms. The number of rotatable bonds is 6. The van der Waals surface area contributed by atoms with Gasteiger partial charge in [0.2, 0.25) is 11.8 Å². The van der Waals surface area contributed by atoms with Gasteiger partial charge >= 0.3 is 0 Å². The Labute approximate surface area is 226 Å². The van der Waals surface area contributed by atoms with Crippen LogP contribution in [0, 0.1) is 22.7 Å². The maximum absolute atomic E-state index is 13.5. The highest BCUT2D eigenvalue weighted by Gasteiger charge is 2.48. The fourth-order valence-electron chi connectivity index (χ4n) is 6.47. The maximum atomic E-state index is 13.5. The highest BCUT2D eigenvalue weighted by Crippen LogP contribution is 2.43. The first-order chi connectivity index (χ1) is 17.5. The number of likely N-dealkylation sites (tertiary alicyclic amines) is 3. The molecule has 0 saturated carbocycles. The summed E-state index contributed by atoms with van der Waals surface area (Å²) < 4.78 is 0. The van der Waals surface area contributed by atoms with E-state index in [1.165, 1.54) is 5.56 Å². The standard InChI is InChI=1S/C30H36N4O2.ClH/c1-2-28(35)34-21-26(27(22-34)25-6-4-3-5-7-25)20-32-15-12-30(13-16-32)14-17-33(29(30)36)19-24-10-8-23(18-31)9-11-24;/h3-11,26-27H,2,12-17,19-22H2,1H3;1H/t26-,27+;/m0./s1. The fraction of sp³-hybridized carbons (Fsp3) is 0.500. The van der Waals surface area contributed by atoms with Gasteiger partial charge in [-0.1, -0.05) is 49.4 Å². The van der Waals surface area contributed by atoms with Gasteiger partial charge in [0.05, 0.1) is 17.0 Å². The van der Waals surface area contributed by atoms with Gasteiger partial charge in [-0.15, -0.1) is 12.4 Å². The number of piperidine rings is 1. The first-order valence-electron chi connectivity index (χ1n) is 13.3. The Morgan fingerprint density at radius 2 is 1.68 bits per heavy atom. The molecule has 3 fully saturated rings. The Hall–Kier alpha value is -2.88. The second-order valence-electron chi connectivity index (χ2n) is 10.8. The zero-order valence-corrected chi connectivity index (χ0v) is 22.5. The van der Waals surface area contributed by atoms with Gasteiger partial charge in [-0.2, -0.15) is 5.26 Å². The van der Waals surface area contributed by atoms with E-state index in [9.17, 15) is 9.59 Å². The highest BCUT2D eigenvalue weighted by atomic mass is 35.5. The van der Waals surface area contributed by atoms with Crippen LogP contribution in [0.4, 0.5) is 0 Å². The van der Waals surface area contributed by atoms with E-state index >= 15 is 0 Å². The van der Waals surface area contributed by atoms with E-state index < -0.39 is 0 Å². The van der Waals surface area contributed by atoms with E-state index in [4.69, 9.17) is 5.26 Å². The van der Waals surface area contributed by atoms with Crippen molar-refractivity contribution in [3.8, 4) is 6.07 Å². The molecule has 3 aliphatic heterocycles. The molecule has 5 rings (SSSR count). The Balaban J connectivity index is 0.00000320. The summed E-state index contributed by atoms with van der Waals surface area (Å²) in [5, 5.41) is 9.02. The first kappa shape index (κ1) is 27.2. The van der Waals surface area contributed by atoms with Crippen LogP contribution in [-0.2, 0) is 16.1 Å². The number of nitrogens with zero attached hydrogens (tertiary/aromatic N) is 4. The van der Waals surface area contributed by atoms with Crippen molar-refractivity contribution in [1.82, 2.24) is 14.7 Å². The average molecular weight is 521 g/mol. The number of hydrogen-bond donors (Lipinski definition) is 0. The number of benzene rings is 2. The van der Waals surface area contributed by atoms with Crippen molar-refractivity contribution >= 4 is 24.2 Å². The van der Waals surface area contributed by atoms with Crippen LogP contribution in [0.1, 0.15) is 55.2 Å². The van der Waals surface area contributed by atoms with Crippen molar-refractivity contribution in [2.24, 2.45) is 11.3 Å². The van der Waals surface area contributed by atoms with Crippen molar-refractivity contribution in [1.29, 1.82) is 5.26 Å². The summed E-state index contributed by atoms with van der Waals surface area (Å²) in [6.07, 6.45) is 3.32. The van der Waals surface area contributed by atoms with Gasteiger partial charge in [0.1, 0.15) is 0 Å². The van der Waals surface area contributed by atoms with E-state index in [0.717, 1.165) is 64.1 Å². The number of hydrogen-bond acceptors (Lipinski definition) is 4. The Bertz CT molecular complexity index is 1120. The van der Waals surface area contributed by atoms with Gasteiger partial charge in [-0.3, -0.25) is 9.59 Å². The molecule has 3 heterocycles. The zero-order chi connectivity index (χ0) is 25.1. The Morgan fingerprint density at radius 3 is 2.32 bits per heavy atom. The van der Waals surface area contributed by atoms with Crippen molar-refractivity contribution < 1.29 is 9.59 Å². The molecule has 2 aromatic rings. The normalized spacial score (nSPS) is 23.2. The molecule has 37 heavy (non-hydrogen) atoms. The maximum Gasteiger partial charge on any atom is 0.229 e. The van der Waals surface area contributed by atoms with Crippen molar-refractivity contribution in [2.45, 2.75) is 45.1 Å². The van der Waals surface area contributed by atoms with Crippen LogP contribution in [0.5, 0.6) is 0 Å². The second-order valence-corrected chi connectivity index (χ2v) is 10.8. The molecule has 0 aliphatic carbocycles. The molecule has 0 aromatic heterocycles. The quantitative estimate of drug-likeness (QED) is 0.564. The molecule has 0 N–H and O–H groups in total. The third-order valence-electron chi connectivity index (χ3n) is 8.69. The molecule has 196 valence electrons. The van der Waals surface area contributed by atoms with Crippen molar-refractivity contribution in [3.63, 3.8) is 0 Å². The van der Waals surface area contributed by atoms with E-state index in [0.29, 0.717) is 36.3 Å². The SMILES string of the molecule is CCC(=O)N1C[C@H](CN2CCC3(CC2)CCN(Cc2ccc(C#N)cc2)C3=O)[C@@H](c2ccccc2)C1.Cl. The van der Waals surface area contributed by atoms with Gasteiger partial charge in [0, 0.05) is 45.1 Å². The lowest BCUT2D eigenvalue weighted by Gasteiger charge is -2.39. The molecular weight excluding hydrogens is 484 g/mol. The molecule has 3 saturated heterocycles. The summed E-state index contributed by atoms with van der Waals surface area (Å²) in [6, 6.07) is 20.3. The highest BCUT2D eigenvalue weighted by molar-refractivity contribution is 5.85. The molecule has 2 atom stereocenters. The van der Waals surface area contributed by atoms with Crippen LogP contribution >= 0.6 is 12.4 Å². The van der Waals surface area contributed by atoms with Crippen LogP contribution in [0.25, 0.3) is 0 Å². The van der Waals surface area contributed by atoms with Crippen molar-refractivity contribution in [2.75, 3.05) is 39.3 Å². The van der Waals surface area contributed by atoms with E-state index in [1.54, 1.807) is 0 Å². The third kappa shape index (κ3) is 5.68. The molecule has 2 amide bonds. The van der Waals surface area contributed by atoms with Crippen LogP contribution < -0.4 is 0 Å². The topological polar surface area (TPSA) is 67.7 Å². The first-order valence-corrected chi connectivity index (χ1v) is 13.3. The fourth-order valence-corrected chi connectivity index (χ4v) is 6.47. The molecule has 0 bridgehead atoms. The largest absolute Gasteiger partial charge is 0.342 e. The minimum absolute atomic E-state index is 0. The number of halogens is 1. The smallest absolute Gasteiger partial charge is 0.229 e. The van der Waals surface area contributed by atoms with E-state index in [1.807, 2.05) is 36.1 Å². The van der Waals surface area contributed by atoms with Gasteiger partial charge in [0.15, 0.2) is 0 Å². The van der Waals surface area contributed by atoms with Gasteiger partial charge in [0.25, 0.3) is 0 Å². The molecule has 2 aromatic carbocycles. The zero-order valence-electron chi connectivity index (χ0n) is 21.6. The molecule has 0 radical (unpaired) electrons. The lowest BCUT2D eigenvalue weighted by Crippen LogP contribution is -2.46. The summed E-state index contributed by atoms with van der Waals surface area (Å²) in [6.45, 7) is 7.87. The average Bonchev–Trinajstić information content (AvgIpc) is 3.47. The van der Waals surface area contributed by atoms with Gasteiger partial charge in [-0.25, -0.2) is 0 Å². The number of carbonyl (C=O) groups is 2. The van der Waals surface area contributed by atoms with E-state index in [-0.39, 0.29) is 23.7 Å². The summed E-state index contributed by atoms with van der Waals surface area (Å²) in [7, 11) is 0. The number of nitriles is 1. The molecule has 3 aliphatic rings. The molecular formula is C30H37ClN4O2.